The van der Waals surface area contributed by atoms with Crippen LogP contribution in [-0.2, 0) is 46.7 Å². The molecule has 1 aliphatic heterocycles. The molecule has 5 rings (SSSR count). The lowest BCUT2D eigenvalue weighted by atomic mass is 9.99. The van der Waals surface area contributed by atoms with E-state index in [0.717, 1.165) is 33.9 Å². The van der Waals surface area contributed by atoms with Crippen LogP contribution in [0.3, 0.4) is 0 Å². The van der Waals surface area contributed by atoms with Crippen molar-refractivity contribution < 1.29 is 48.2 Å². The highest BCUT2D eigenvalue weighted by atomic mass is 32.2. The van der Waals surface area contributed by atoms with E-state index in [2.05, 4.69) is 26.6 Å². The minimum Gasteiger partial charge on any atom is -0.443 e. The van der Waals surface area contributed by atoms with Crippen LogP contribution in [0.1, 0.15) is 146 Å². The smallest absolute Gasteiger partial charge is 0.431 e. The summed E-state index contributed by atoms with van der Waals surface area (Å²) in [7, 11) is 0. The Hall–Kier alpha value is -5.22. The number of amides is 7. The number of nitrogens with one attached hydrogen (secondary N) is 6. The monoisotopic (exact) mass is 1050 g/mol. The van der Waals surface area contributed by atoms with Crippen LogP contribution < -0.4 is 37.8 Å². The summed E-state index contributed by atoms with van der Waals surface area (Å²) in [6, 6.07) is 9.18. The van der Waals surface area contributed by atoms with Crippen LogP contribution >= 0.6 is 23.5 Å². The molecule has 5 atom stereocenters. The van der Waals surface area contributed by atoms with Gasteiger partial charge in [0.05, 0.1) is 46.8 Å². The van der Waals surface area contributed by atoms with E-state index < -0.39 is 47.2 Å². The van der Waals surface area contributed by atoms with Gasteiger partial charge in [-0.2, -0.15) is 23.5 Å². The van der Waals surface area contributed by atoms with Gasteiger partial charge in [-0.15, -0.1) is 0 Å². The van der Waals surface area contributed by atoms with Crippen LogP contribution in [0, 0.1) is 5.92 Å². The second kappa shape index (κ2) is 29.0. The number of rotatable bonds is 24. The van der Waals surface area contributed by atoms with Crippen LogP contribution in [0.2, 0.25) is 0 Å². The van der Waals surface area contributed by atoms with Crippen LogP contribution in [-0.4, -0.2) is 111 Å². The average molecular weight is 1050 g/mol. The highest BCUT2D eigenvalue weighted by molar-refractivity contribution is 8.03. The van der Waals surface area contributed by atoms with Crippen molar-refractivity contribution in [2.75, 3.05) is 31.6 Å². The van der Waals surface area contributed by atoms with Crippen LogP contribution in [0.5, 0.6) is 0 Å². The number of primary amides is 1. The highest BCUT2D eigenvalue weighted by Gasteiger charge is 2.31. The first-order chi connectivity index (χ1) is 34.9. The van der Waals surface area contributed by atoms with Crippen molar-refractivity contribution in [2.45, 2.75) is 170 Å². The van der Waals surface area contributed by atoms with Gasteiger partial charge >= 0.3 is 12.1 Å². The molecule has 2 aromatic carbocycles. The van der Waals surface area contributed by atoms with E-state index in [0.29, 0.717) is 46.6 Å². The molecule has 73 heavy (non-hydrogen) atoms. The summed E-state index contributed by atoms with van der Waals surface area (Å²) in [4.78, 5) is 86.6. The number of hydroxylamine groups is 1. The summed E-state index contributed by atoms with van der Waals surface area (Å²) in [6.45, 7) is 12.1. The van der Waals surface area contributed by atoms with Crippen molar-refractivity contribution >= 4 is 76.0 Å². The first-order valence-corrected chi connectivity index (χ1v) is 27.7. The Labute approximate surface area is 437 Å². The number of nitrogens with two attached hydrogens (primary N) is 1. The number of urea groups is 1. The number of thioether (sulfide) groups is 2. The molecule has 0 saturated heterocycles. The summed E-state index contributed by atoms with van der Waals surface area (Å²) in [6.07, 6.45) is 9.58. The molecule has 9 N–H and O–H groups in total. The predicted molar refractivity (Wildman–Crippen MR) is 284 cm³/mol. The van der Waals surface area contributed by atoms with Gasteiger partial charge in [-0.1, -0.05) is 65.0 Å². The molecule has 2 aliphatic rings. The Kier molecular flexibility index (Phi) is 23.3. The zero-order valence-electron chi connectivity index (χ0n) is 43.3. The standard InChI is InChI=1S/C52H77N9O10S2/c1-7-52(6,32-55-46(63)35-19-22-37-39(28-35)58-41-31-73-43-16-12-10-8-9-11-15-42(43)72-30-40(41)57-37)71-27-26-70-51(4,5)24-23-44(62)60-45(33(2)3)48(65)59-38(14-13-25-54-49(53)66)47(64)56-36-20-17-34(18-21-36)29-69-50(67)61-68/h17-22,28,33,38,42-43,45,68H,7-16,23-27,29-32H2,1-6H3,(H,55,63)(H,56,64)(H,59,65)(H,60,62)(H,61,67)(H3,53,54,66). The first-order valence-electron chi connectivity index (χ1n) is 25.6. The van der Waals surface area contributed by atoms with Gasteiger partial charge in [0, 0.05) is 52.8 Å². The molecule has 1 fully saturated rings. The fourth-order valence-electron chi connectivity index (χ4n) is 8.51. The van der Waals surface area contributed by atoms with E-state index in [9.17, 15) is 28.8 Å². The van der Waals surface area contributed by atoms with Crippen molar-refractivity contribution in [3.8, 4) is 0 Å². The summed E-state index contributed by atoms with van der Waals surface area (Å²) in [5, 5.41) is 23.8. The molecule has 3 aromatic rings. The number of fused-ring (bicyclic) bond motifs is 3. The van der Waals surface area contributed by atoms with Gasteiger partial charge < -0.3 is 46.5 Å². The Morgan fingerprint density at radius 1 is 0.822 bits per heavy atom. The maximum atomic E-state index is 13.7. The first kappa shape index (κ1) is 58.7. The number of hydrogen-bond donors (Lipinski definition) is 8. The summed E-state index contributed by atoms with van der Waals surface area (Å²) >= 11 is 4.07. The highest BCUT2D eigenvalue weighted by Crippen LogP contribution is 2.39. The topological polar surface area (TPSA) is 274 Å². The third-order valence-corrected chi connectivity index (χ3v) is 16.3. The van der Waals surface area contributed by atoms with E-state index in [1.165, 1.54) is 50.4 Å². The number of hydrogen-bond acceptors (Lipinski definition) is 14. The van der Waals surface area contributed by atoms with Gasteiger partial charge in [0.2, 0.25) is 17.7 Å². The number of nitrogens with zero attached hydrogens (tertiary/aromatic N) is 2. The molecule has 0 radical (unpaired) electrons. The Balaban J connectivity index is 1.07. The van der Waals surface area contributed by atoms with Crippen molar-refractivity contribution in [3.05, 3.63) is 65.0 Å². The van der Waals surface area contributed by atoms with Crippen molar-refractivity contribution in [1.82, 2.24) is 36.7 Å². The number of ether oxygens (including phenoxy) is 3. The normalized spacial score (nSPS) is 17.8. The maximum Gasteiger partial charge on any atom is 0.431 e. The van der Waals surface area contributed by atoms with Gasteiger partial charge in [-0.25, -0.2) is 25.0 Å². The number of anilines is 1. The molecule has 1 saturated carbocycles. The average Bonchev–Trinajstić information content (AvgIpc) is 3.47. The molecule has 0 spiro atoms. The second-order valence-corrected chi connectivity index (χ2v) is 22.4. The number of benzene rings is 2. The van der Waals surface area contributed by atoms with Crippen molar-refractivity contribution in [3.63, 3.8) is 0 Å². The molecule has 1 aliphatic carbocycles. The van der Waals surface area contributed by atoms with Crippen LogP contribution in [0.25, 0.3) is 11.0 Å². The second-order valence-electron chi connectivity index (χ2n) is 20.0. The Morgan fingerprint density at radius 3 is 2.10 bits per heavy atom. The molecule has 2 heterocycles. The lowest BCUT2D eigenvalue weighted by molar-refractivity contribution is -0.132. The summed E-state index contributed by atoms with van der Waals surface area (Å²) < 4.78 is 17.3. The molecule has 1 aromatic heterocycles. The minimum atomic E-state index is -1.04. The summed E-state index contributed by atoms with van der Waals surface area (Å²) in [5.74, 6) is -0.320. The summed E-state index contributed by atoms with van der Waals surface area (Å²) in [5.41, 5.74) is 10.3. The zero-order chi connectivity index (χ0) is 53.0. The van der Waals surface area contributed by atoms with Crippen molar-refractivity contribution in [1.29, 1.82) is 0 Å². The Bertz CT molecular complexity index is 2320. The predicted octanol–water partition coefficient (Wildman–Crippen LogP) is 7.41. The third-order valence-electron chi connectivity index (χ3n) is 13.2. The van der Waals surface area contributed by atoms with E-state index in [-0.39, 0.29) is 63.5 Å². The third kappa shape index (κ3) is 19.5. The molecule has 7 amide bonds. The van der Waals surface area contributed by atoms with Gasteiger partial charge in [0.1, 0.15) is 18.7 Å². The van der Waals surface area contributed by atoms with E-state index in [4.69, 9.17) is 35.1 Å². The molecule has 21 heteroatoms. The fourth-order valence-corrected chi connectivity index (χ4v) is 11.6. The van der Waals surface area contributed by atoms with Gasteiger partial charge in [-0.05, 0) is 101 Å². The molecule has 5 unspecified atom stereocenters. The zero-order valence-corrected chi connectivity index (χ0v) is 44.9. The van der Waals surface area contributed by atoms with E-state index in [1.54, 1.807) is 44.2 Å². The number of aromatic nitrogens is 2. The lowest BCUT2D eigenvalue weighted by Gasteiger charge is -2.31. The largest absolute Gasteiger partial charge is 0.443 e. The molecular weight excluding hydrogens is 975 g/mol. The van der Waals surface area contributed by atoms with Crippen molar-refractivity contribution in [2.24, 2.45) is 11.7 Å². The molecule has 402 valence electrons. The SMILES string of the molecule is CCC(C)(CNC(=O)c1ccc2nc3c(nc2c1)CSC1CCCCCCCC1SC3)OCCOC(C)(C)CCC(=O)NC(C(=O)NC(CCCNC(N)=O)C(=O)Nc1ccc(COC(=O)NO)cc1)C(C)C. The number of carbonyl (C=O) groups is 6. The Morgan fingerprint density at radius 2 is 1.47 bits per heavy atom. The van der Waals surface area contributed by atoms with Crippen LogP contribution in [0.4, 0.5) is 15.3 Å². The van der Waals surface area contributed by atoms with Crippen LogP contribution in [0.15, 0.2) is 42.5 Å². The lowest BCUT2D eigenvalue weighted by Crippen LogP contribution is -2.54. The van der Waals surface area contributed by atoms with E-state index in [1.807, 2.05) is 63.4 Å². The maximum absolute atomic E-state index is 13.7. The van der Waals surface area contributed by atoms with E-state index >= 15 is 0 Å². The number of carbonyl (C=O) groups excluding carboxylic acids is 6. The van der Waals surface area contributed by atoms with Gasteiger partial charge in [-0.3, -0.25) is 24.4 Å². The molecular formula is C52H77N9O10S2. The van der Waals surface area contributed by atoms with Gasteiger partial charge in [0.15, 0.2) is 0 Å². The minimum absolute atomic E-state index is 0.0548. The molecule has 19 nitrogen and oxygen atoms in total. The van der Waals surface area contributed by atoms with Gasteiger partial charge in [0.25, 0.3) is 5.91 Å². The quantitative estimate of drug-likeness (QED) is 0.0247. The fraction of sp³-hybridized carbons (Fsp3) is 0.615. The molecule has 0 bridgehead atoms.